The molecule has 3 N–H and O–H groups in total. The van der Waals surface area contributed by atoms with Gasteiger partial charge in [-0.05, 0) is 56.0 Å². The van der Waals surface area contributed by atoms with Gasteiger partial charge < -0.3 is 20.6 Å². The smallest absolute Gasteiger partial charge is 0.156 e. The van der Waals surface area contributed by atoms with E-state index in [1.165, 1.54) is 12.3 Å². The molecule has 2 aliphatic rings. The molecule has 2 aromatic rings. The Morgan fingerprint density at radius 3 is 2.69 bits per heavy atom. The predicted molar refractivity (Wildman–Crippen MR) is 125 cm³/mol. The minimum absolute atomic E-state index is 0.270. The molecule has 1 aromatic heterocycles. The van der Waals surface area contributed by atoms with Crippen LogP contribution in [-0.2, 0) is 6.42 Å². The van der Waals surface area contributed by atoms with Crippen molar-refractivity contribution in [2.45, 2.75) is 46.1 Å². The van der Waals surface area contributed by atoms with Crippen molar-refractivity contribution in [1.29, 1.82) is 0 Å². The van der Waals surface area contributed by atoms with E-state index in [2.05, 4.69) is 41.3 Å². The minimum Gasteiger partial charge on any atom is -0.508 e. The first-order valence-corrected chi connectivity index (χ1v) is 11.1. The molecule has 0 unspecified atom stereocenters. The van der Waals surface area contributed by atoms with E-state index in [9.17, 15) is 9.50 Å². The molecule has 6 nitrogen and oxygen atoms in total. The quantitative estimate of drug-likeness (QED) is 0.609. The van der Waals surface area contributed by atoms with Gasteiger partial charge in [0.05, 0.1) is 24.3 Å². The first kappa shape index (κ1) is 21.9. The molecule has 7 heteroatoms. The van der Waals surface area contributed by atoms with Gasteiger partial charge in [-0.25, -0.2) is 9.38 Å². The summed E-state index contributed by atoms with van der Waals surface area (Å²) in [6, 6.07) is 9.08. The Bertz CT molecular complexity index is 1070. The highest BCUT2D eigenvalue weighted by atomic mass is 19.1. The van der Waals surface area contributed by atoms with Gasteiger partial charge in [0.1, 0.15) is 11.6 Å². The molecule has 2 aliphatic heterocycles. The summed E-state index contributed by atoms with van der Waals surface area (Å²) in [5, 5.41) is 16.7. The maximum Gasteiger partial charge on any atom is 0.156 e. The molecule has 1 fully saturated rings. The molecule has 0 saturated carbocycles. The Hall–Kier alpha value is -3.35. The molecular weight excluding hydrogens is 405 g/mol. The summed E-state index contributed by atoms with van der Waals surface area (Å²) >= 11 is 0. The van der Waals surface area contributed by atoms with E-state index in [4.69, 9.17) is 4.99 Å². The third-order valence-electron chi connectivity index (χ3n) is 5.88. The van der Waals surface area contributed by atoms with Gasteiger partial charge in [0.2, 0.25) is 0 Å². The molecule has 0 radical (unpaired) electrons. The first-order valence-electron chi connectivity index (χ1n) is 11.1. The highest BCUT2D eigenvalue weighted by Gasteiger charge is 2.31. The standard InChI is InChI=1S/C25H30FN5O/c1-4-18-12-22(28-10-9-17-5-7-21(32)8-6-17)24-25(31(15-29-24)16(2)3)30-23(18)19-11-20(26)14-27-13-19/h5-8,11,13-14,16,28-29,32H,4,9-10,12,15H2,1-3H3. The maximum absolute atomic E-state index is 14.0. The van der Waals surface area contributed by atoms with Crippen LogP contribution in [0, 0.1) is 5.82 Å². The lowest BCUT2D eigenvalue weighted by atomic mass is 10.0. The second-order valence-corrected chi connectivity index (χ2v) is 8.40. The van der Waals surface area contributed by atoms with E-state index < -0.39 is 0 Å². The average Bonchev–Trinajstić information content (AvgIpc) is 3.13. The molecule has 0 spiro atoms. The summed E-state index contributed by atoms with van der Waals surface area (Å²) in [5.41, 5.74) is 5.91. The number of pyridine rings is 1. The number of amidine groups is 1. The summed E-state index contributed by atoms with van der Waals surface area (Å²) < 4.78 is 14.0. The fourth-order valence-corrected chi connectivity index (χ4v) is 4.09. The number of rotatable bonds is 7. The average molecular weight is 436 g/mol. The summed E-state index contributed by atoms with van der Waals surface area (Å²) in [5.74, 6) is 0.799. The monoisotopic (exact) mass is 435 g/mol. The third kappa shape index (κ3) is 4.61. The Morgan fingerprint density at radius 2 is 2.00 bits per heavy atom. The van der Waals surface area contributed by atoms with Gasteiger partial charge in [0.15, 0.2) is 5.84 Å². The first-order chi connectivity index (χ1) is 15.5. The van der Waals surface area contributed by atoms with E-state index in [0.717, 1.165) is 53.4 Å². The predicted octanol–water partition coefficient (Wildman–Crippen LogP) is 4.16. The van der Waals surface area contributed by atoms with Crippen LogP contribution < -0.4 is 10.6 Å². The Balaban J connectivity index is 1.67. The second-order valence-electron chi connectivity index (χ2n) is 8.40. The van der Waals surface area contributed by atoms with E-state index in [1.54, 1.807) is 18.3 Å². The zero-order chi connectivity index (χ0) is 22.7. The molecule has 168 valence electrons. The zero-order valence-corrected chi connectivity index (χ0v) is 18.8. The van der Waals surface area contributed by atoms with Crippen molar-refractivity contribution >= 4 is 11.5 Å². The summed E-state index contributed by atoms with van der Waals surface area (Å²) in [6.45, 7) is 7.84. The number of hydrogen-bond donors (Lipinski definition) is 3. The lowest BCUT2D eigenvalue weighted by molar-refractivity contribution is 0.365. The fourth-order valence-electron chi connectivity index (χ4n) is 4.09. The van der Waals surface area contributed by atoms with Crippen LogP contribution in [0.5, 0.6) is 5.75 Å². The van der Waals surface area contributed by atoms with Crippen LogP contribution in [0.3, 0.4) is 0 Å². The number of aliphatic imine (C=N–C) groups is 1. The van der Waals surface area contributed by atoms with Gasteiger partial charge in [-0.1, -0.05) is 19.1 Å². The fraction of sp³-hybridized carbons (Fsp3) is 0.360. The number of phenolic OH excluding ortho intramolecular Hbond substituents is 1. The van der Waals surface area contributed by atoms with Crippen molar-refractivity contribution < 1.29 is 9.50 Å². The second kappa shape index (κ2) is 9.42. The Kier molecular flexibility index (Phi) is 6.44. The number of fused-ring (bicyclic) bond motifs is 1. The van der Waals surface area contributed by atoms with E-state index in [-0.39, 0.29) is 17.6 Å². The van der Waals surface area contributed by atoms with Crippen molar-refractivity contribution in [2.24, 2.45) is 4.99 Å². The highest BCUT2D eigenvalue weighted by molar-refractivity contribution is 6.04. The molecule has 3 heterocycles. The molecule has 1 aromatic carbocycles. The molecule has 0 atom stereocenters. The number of aromatic nitrogens is 1. The summed E-state index contributed by atoms with van der Waals surface area (Å²) in [7, 11) is 0. The van der Waals surface area contributed by atoms with Crippen LogP contribution in [-0.4, -0.2) is 40.1 Å². The van der Waals surface area contributed by atoms with Crippen molar-refractivity contribution in [3.8, 4) is 5.75 Å². The van der Waals surface area contributed by atoms with Gasteiger partial charge >= 0.3 is 0 Å². The number of halogens is 1. The van der Waals surface area contributed by atoms with Crippen molar-refractivity contribution in [1.82, 2.24) is 20.5 Å². The summed E-state index contributed by atoms with van der Waals surface area (Å²) in [4.78, 5) is 11.3. The number of aromatic hydroxyl groups is 1. The summed E-state index contributed by atoms with van der Waals surface area (Å²) in [6.07, 6.45) is 5.25. The van der Waals surface area contributed by atoms with Crippen LogP contribution in [0.25, 0.3) is 5.70 Å². The molecule has 0 bridgehead atoms. The minimum atomic E-state index is -0.361. The van der Waals surface area contributed by atoms with Crippen LogP contribution in [0.15, 0.2) is 64.7 Å². The van der Waals surface area contributed by atoms with Crippen LogP contribution in [0.4, 0.5) is 4.39 Å². The van der Waals surface area contributed by atoms with Crippen LogP contribution >= 0.6 is 0 Å². The van der Waals surface area contributed by atoms with Crippen molar-refractivity contribution in [3.05, 3.63) is 76.6 Å². The van der Waals surface area contributed by atoms with Gasteiger partial charge in [0.25, 0.3) is 0 Å². The topological polar surface area (TPSA) is 72.8 Å². The SMILES string of the molecule is CCC1=C(c2cncc(F)c2)N=C2C(=C(NCCc3ccc(O)cc3)C1)NCN2C(C)C. The number of nitrogens with zero attached hydrogens (tertiary/aromatic N) is 3. The van der Waals surface area contributed by atoms with Crippen LogP contribution in [0.1, 0.15) is 44.7 Å². The maximum atomic E-state index is 14.0. The lowest BCUT2D eigenvalue weighted by Gasteiger charge is -2.22. The molecule has 0 aliphatic carbocycles. The molecule has 0 amide bonds. The number of hydrogen-bond acceptors (Lipinski definition) is 6. The lowest BCUT2D eigenvalue weighted by Crippen LogP contribution is -2.33. The van der Waals surface area contributed by atoms with Crippen LogP contribution in [0.2, 0.25) is 0 Å². The zero-order valence-electron chi connectivity index (χ0n) is 18.8. The van der Waals surface area contributed by atoms with Gasteiger partial charge in [0, 0.05) is 36.5 Å². The van der Waals surface area contributed by atoms with E-state index in [0.29, 0.717) is 18.7 Å². The van der Waals surface area contributed by atoms with Crippen molar-refractivity contribution in [3.63, 3.8) is 0 Å². The number of benzene rings is 1. The van der Waals surface area contributed by atoms with E-state index >= 15 is 0 Å². The largest absolute Gasteiger partial charge is 0.508 e. The highest BCUT2D eigenvalue weighted by Crippen LogP contribution is 2.33. The Morgan fingerprint density at radius 1 is 1.22 bits per heavy atom. The molecule has 32 heavy (non-hydrogen) atoms. The number of allylic oxidation sites excluding steroid dienone is 1. The molecule has 4 rings (SSSR count). The number of nitrogens with one attached hydrogen (secondary N) is 2. The third-order valence-corrected chi connectivity index (χ3v) is 5.88. The molecule has 1 saturated heterocycles. The van der Waals surface area contributed by atoms with E-state index in [1.807, 2.05) is 12.1 Å². The number of phenols is 1. The van der Waals surface area contributed by atoms with Gasteiger partial charge in [-0.15, -0.1) is 0 Å². The van der Waals surface area contributed by atoms with Crippen molar-refractivity contribution in [2.75, 3.05) is 13.2 Å². The van der Waals surface area contributed by atoms with Gasteiger partial charge in [-0.2, -0.15) is 0 Å². The molecular formula is C25H30FN5O. The normalized spacial score (nSPS) is 16.2. The Labute approximate surface area is 188 Å². The van der Waals surface area contributed by atoms with Gasteiger partial charge in [-0.3, -0.25) is 4.98 Å².